The Morgan fingerprint density at radius 3 is 2.95 bits per heavy atom. The number of hydrogen-bond donors (Lipinski definition) is 2. The Hall–Kier alpha value is -2.25. The molecule has 1 aromatic carbocycles. The monoisotopic (exact) mass is 315 g/mol. The maximum absolute atomic E-state index is 12.0. The van der Waals surface area contributed by atoms with Crippen molar-refractivity contribution in [2.24, 2.45) is 5.73 Å². The van der Waals surface area contributed by atoms with Gasteiger partial charge in [-0.05, 0) is 19.1 Å². The average molecular weight is 315 g/mol. The first-order valence-corrected chi connectivity index (χ1v) is 7.91. The molecular formula is C15H17N5OS. The third-order valence-electron chi connectivity index (χ3n) is 3.43. The van der Waals surface area contributed by atoms with Crippen molar-refractivity contribution in [3.8, 4) is 0 Å². The number of aromatic nitrogens is 3. The molecular weight excluding hydrogens is 298 g/mol. The molecule has 114 valence electrons. The molecule has 0 aliphatic heterocycles. The number of amides is 1. The number of carbonyl (C=O) groups is 1. The summed E-state index contributed by atoms with van der Waals surface area (Å²) in [5.41, 5.74) is 7.98. The number of aryl methyl sites for hydroxylation is 1. The summed E-state index contributed by atoms with van der Waals surface area (Å²) >= 11 is 1.40. The van der Waals surface area contributed by atoms with E-state index in [9.17, 15) is 4.79 Å². The Labute approximate surface area is 132 Å². The Morgan fingerprint density at radius 2 is 2.18 bits per heavy atom. The topological polar surface area (TPSA) is 85.8 Å². The zero-order valence-electron chi connectivity index (χ0n) is 12.2. The molecule has 2 aromatic heterocycles. The molecule has 0 saturated carbocycles. The second-order valence-corrected chi connectivity index (χ2v) is 5.83. The van der Waals surface area contributed by atoms with Gasteiger partial charge in [-0.1, -0.05) is 12.1 Å². The van der Waals surface area contributed by atoms with E-state index in [4.69, 9.17) is 5.73 Å². The summed E-state index contributed by atoms with van der Waals surface area (Å²) in [5, 5.41) is 5.38. The van der Waals surface area contributed by atoms with Gasteiger partial charge >= 0.3 is 0 Å². The van der Waals surface area contributed by atoms with Crippen LogP contribution in [0.1, 0.15) is 21.3 Å². The quantitative estimate of drug-likeness (QED) is 0.750. The molecule has 7 heteroatoms. The van der Waals surface area contributed by atoms with Gasteiger partial charge in [-0.25, -0.2) is 9.97 Å². The molecule has 22 heavy (non-hydrogen) atoms. The van der Waals surface area contributed by atoms with Gasteiger partial charge in [0.05, 0.1) is 11.0 Å². The fourth-order valence-corrected chi connectivity index (χ4v) is 3.01. The molecule has 1 amide bonds. The molecule has 0 unspecified atom stereocenters. The van der Waals surface area contributed by atoms with Crippen LogP contribution in [0.25, 0.3) is 11.0 Å². The van der Waals surface area contributed by atoms with Crippen LogP contribution in [-0.2, 0) is 13.1 Å². The third-order valence-corrected chi connectivity index (χ3v) is 4.30. The summed E-state index contributed by atoms with van der Waals surface area (Å²) in [5.74, 6) is 0.771. The van der Waals surface area contributed by atoms with Gasteiger partial charge in [0.25, 0.3) is 5.91 Å². The van der Waals surface area contributed by atoms with Crippen molar-refractivity contribution in [1.82, 2.24) is 19.9 Å². The number of para-hydroxylation sites is 2. The fraction of sp³-hybridized carbons (Fsp3) is 0.267. The minimum absolute atomic E-state index is 0.168. The van der Waals surface area contributed by atoms with Gasteiger partial charge in [0.2, 0.25) is 0 Å². The highest BCUT2D eigenvalue weighted by molar-refractivity contribution is 7.09. The van der Waals surface area contributed by atoms with E-state index in [1.54, 1.807) is 5.38 Å². The number of nitrogens with two attached hydrogens (primary N) is 1. The normalized spacial score (nSPS) is 11.0. The zero-order valence-corrected chi connectivity index (χ0v) is 13.1. The van der Waals surface area contributed by atoms with Gasteiger partial charge in [0.15, 0.2) is 0 Å². The maximum Gasteiger partial charge on any atom is 0.270 e. The average Bonchev–Trinajstić information content (AvgIpc) is 3.12. The van der Waals surface area contributed by atoms with Crippen LogP contribution in [0.15, 0.2) is 29.6 Å². The smallest absolute Gasteiger partial charge is 0.270 e. The summed E-state index contributed by atoms with van der Waals surface area (Å²) in [6, 6.07) is 7.98. The van der Waals surface area contributed by atoms with Gasteiger partial charge in [-0.15, -0.1) is 11.3 Å². The third kappa shape index (κ3) is 2.86. The number of rotatable bonds is 5. The number of imidazole rings is 1. The number of fused-ring (bicyclic) bond motifs is 1. The summed E-state index contributed by atoms with van der Waals surface area (Å²) in [7, 11) is 0. The van der Waals surface area contributed by atoms with Crippen molar-refractivity contribution in [3.63, 3.8) is 0 Å². The Balaban J connectivity index is 1.65. The van der Waals surface area contributed by atoms with Crippen LogP contribution < -0.4 is 11.1 Å². The van der Waals surface area contributed by atoms with Crippen LogP contribution in [0, 0.1) is 6.92 Å². The lowest BCUT2D eigenvalue weighted by atomic mass is 10.3. The van der Waals surface area contributed by atoms with Crippen LogP contribution >= 0.6 is 11.3 Å². The van der Waals surface area contributed by atoms with E-state index in [0.29, 0.717) is 25.3 Å². The van der Waals surface area contributed by atoms with Crippen LogP contribution in [0.5, 0.6) is 0 Å². The predicted octanol–water partition coefficient (Wildman–Crippen LogP) is 1.69. The first-order valence-electron chi connectivity index (χ1n) is 7.03. The van der Waals surface area contributed by atoms with E-state index in [0.717, 1.165) is 21.9 Å². The Morgan fingerprint density at radius 1 is 1.36 bits per heavy atom. The zero-order chi connectivity index (χ0) is 15.5. The van der Waals surface area contributed by atoms with Crippen molar-refractivity contribution in [3.05, 3.63) is 46.2 Å². The number of thiazole rings is 1. The van der Waals surface area contributed by atoms with Crippen LogP contribution in [0.4, 0.5) is 0 Å². The molecule has 0 atom stereocenters. The van der Waals surface area contributed by atoms with E-state index in [2.05, 4.69) is 19.9 Å². The van der Waals surface area contributed by atoms with Gasteiger partial charge in [-0.3, -0.25) is 4.79 Å². The largest absolute Gasteiger partial charge is 0.349 e. The minimum Gasteiger partial charge on any atom is -0.349 e. The fourth-order valence-electron chi connectivity index (χ4n) is 2.36. The maximum atomic E-state index is 12.0. The van der Waals surface area contributed by atoms with Crippen LogP contribution in [-0.4, -0.2) is 27.0 Å². The number of benzene rings is 1. The van der Waals surface area contributed by atoms with E-state index in [-0.39, 0.29) is 5.91 Å². The lowest BCUT2D eigenvalue weighted by Crippen LogP contribution is -2.27. The highest BCUT2D eigenvalue weighted by atomic mass is 32.1. The standard InChI is InChI=1S/C15H17N5OS/c1-10-18-11-4-2-3-5-13(11)20(10)7-6-17-15(21)12-9-22-14(8-16)19-12/h2-5,9H,6-8,16H2,1H3,(H,17,21). The highest BCUT2D eigenvalue weighted by Crippen LogP contribution is 2.15. The molecule has 0 aliphatic rings. The molecule has 0 fully saturated rings. The van der Waals surface area contributed by atoms with Gasteiger partial charge in [-0.2, -0.15) is 0 Å². The van der Waals surface area contributed by atoms with E-state index in [1.165, 1.54) is 11.3 Å². The number of carbonyl (C=O) groups excluding carboxylic acids is 1. The molecule has 0 spiro atoms. The van der Waals surface area contributed by atoms with Crippen LogP contribution in [0.3, 0.4) is 0 Å². The predicted molar refractivity (Wildman–Crippen MR) is 86.8 cm³/mol. The Bertz CT molecular complexity index is 807. The second kappa shape index (κ2) is 6.25. The van der Waals surface area contributed by atoms with Gasteiger partial charge in [0, 0.05) is 25.0 Å². The van der Waals surface area contributed by atoms with Crippen molar-refractivity contribution >= 4 is 28.3 Å². The lowest BCUT2D eigenvalue weighted by molar-refractivity contribution is 0.0948. The number of nitrogens with zero attached hydrogens (tertiary/aromatic N) is 3. The van der Waals surface area contributed by atoms with E-state index < -0.39 is 0 Å². The van der Waals surface area contributed by atoms with Crippen LogP contribution in [0.2, 0.25) is 0 Å². The number of hydrogen-bond acceptors (Lipinski definition) is 5. The van der Waals surface area contributed by atoms with E-state index >= 15 is 0 Å². The molecule has 0 bridgehead atoms. The summed E-state index contributed by atoms with van der Waals surface area (Å²) in [6.45, 7) is 3.52. The molecule has 3 aromatic rings. The Kier molecular flexibility index (Phi) is 4.17. The molecule has 3 N–H and O–H groups in total. The van der Waals surface area contributed by atoms with Crippen molar-refractivity contribution in [1.29, 1.82) is 0 Å². The highest BCUT2D eigenvalue weighted by Gasteiger charge is 2.11. The molecule has 2 heterocycles. The first kappa shape index (κ1) is 14.7. The van der Waals surface area contributed by atoms with Crippen molar-refractivity contribution in [2.45, 2.75) is 20.0 Å². The van der Waals surface area contributed by atoms with Crippen molar-refractivity contribution < 1.29 is 4.79 Å². The van der Waals surface area contributed by atoms with Gasteiger partial charge < -0.3 is 15.6 Å². The summed E-state index contributed by atoms with van der Waals surface area (Å²) < 4.78 is 2.10. The van der Waals surface area contributed by atoms with Crippen molar-refractivity contribution in [2.75, 3.05) is 6.54 Å². The van der Waals surface area contributed by atoms with E-state index in [1.807, 2.05) is 31.2 Å². The molecule has 0 radical (unpaired) electrons. The molecule has 6 nitrogen and oxygen atoms in total. The first-order chi connectivity index (χ1) is 10.7. The SMILES string of the molecule is Cc1nc2ccccc2n1CCNC(=O)c1csc(CN)n1. The summed E-state index contributed by atoms with van der Waals surface area (Å²) in [4.78, 5) is 20.7. The lowest BCUT2D eigenvalue weighted by Gasteiger charge is -2.07. The minimum atomic E-state index is -0.168. The summed E-state index contributed by atoms with van der Waals surface area (Å²) in [6.07, 6.45) is 0. The molecule has 0 saturated heterocycles. The number of nitrogens with one attached hydrogen (secondary N) is 1. The molecule has 3 rings (SSSR count). The molecule has 0 aliphatic carbocycles. The second-order valence-electron chi connectivity index (χ2n) is 4.89. The van der Waals surface area contributed by atoms with Gasteiger partial charge in [0.1, 0.15) is 16.5 Å².